The minimum atomic E-state index is -0.192. The quantitative estimate of drug-likeness (QED) is 0.876. The minimum Gasteiger partial charge on any atom is -0.486 e. The normalized spacial score (nSPS) is 18.9. The maximum absolute atomic E-state index is 11.9. The summed E-state index contributed by atoms with van der Waals surface area (Å²) in [7, 11) is 0. The first-order valence-electron chi connectivity index (χ1n) is 6.26. The molecule has 6 nitrogen and oxygen atoms in total. The van der Waals surface area contributed by atoms with E-state index in [2.05, 4.69) is 15.0 Å². The van der Waals surface area contributed by atoms with E-state index in [-0.39, 0.29) is 11.7 Å². The van der Waals surface area contributed by atoms with Crippen molar-refractivity contribution in [1.82, 2.24) is 15.0 Å². The smallest absolute Gasteiger partial charge is 0.260 e. The first-order valence-corrected chi connectivity index (χ1v) is 6.26. The Hall–Kier alpha value is -1.95. The lowest BCUT2D eigenvalue weighted by Gasteiger charge is -2.13. The number of H-pyrrole nitrogens is 1. The van der Waals surface area contributed by atoms with Crippen LogP contribution in [0.1, 0.15) is 17.9 Å². The molecule has 0 spiro atoms. The Bertz CT molecular complexity index is 675. The summed E-state index contributed by atoms with van der Waals surface area (Å²) >= 11 is 0. The third kappa shape index (κ3) is 2.31. The molecule has 19 heavy (non-hydrogen) atoms. The number of rotatable bonds is 2. The van der Waals surface area contributed by atoms with Gasteiger partial charge in [0.1, 0.15) is 17.7 Å². The van der Waals surface area contributed by atoms with Gasteiger partial charge in [0.25, 0.3) is 5.56 Å². The van der Waals surface area contributed by atoms with E-state index in [1.54, 1.807) is 13.0 Å². The van der Waals surface area contributed by atoms with Crippen LogP contribution in [-0.4, -0.2) is 34.3 Å². The Kier molecular flexibility index (Phi) is 2.94. The molecule has 1 saturated heterocycles. The molecule has 0 aliphatic carbocycles. The molecule has 0 aromatic carbocycles. The van der Waals surface area contributed by atoms with Crippen molar-refractivity contribution in [3.8, 4) is 5.75 Å². The number of pyridine rings is 1. The number of hydrogen-bond acceptors (Lipinski definition) is 5. The molecule has 1 N–H and O–H groups in total. The highest BCUT2D eigenvalue weighted by Gasteiger charge is 2.19. The molecule has 1 aliphatic heterocycles. The van der Waals surface area contributed by atoms with Crippen LogP contribution < -0.4 is 10.3 Å². The second-order valence-corrected chi connectivity index (χ2v) is 4.70. The van der Waals surface area contributed by atoms with Crippen molar-refractivity contribution in [2.45, 2.75) is 26.4 Å². The monoisotopic (exact) mass is 261 g/mol. The molecule has 0 amide bonds. The van der Waals surface area contributed by atoms with Crippen LogP contribution >= 0.6 is 0 Å². The first-order chi connectivity index (χ1) is 9.13. The van der Waals surface area contributed by atoms with E-state index in [1.807, 2.05) is 6.92 Å². The van der Waals surface area contributed by atoms with Crippen molar-refractivity contribution in [2.75, 3.05) is 13.2 Å². The number of aromatic amines is 1. The molecular formula is C13H15N3O3. The van der Waals surface area contributed by atoms with Crippen LogP contribution in [-0.2, 0) is 4.74 Å². The van der Waals surface area contributed by atoms with E-state index in [0.29, 0.717) is 35.8 Å². The van der Waals surface area contributed by atoms with Gasteiger partial charge in [0.05, 0.1) is 24.3 Å². The zero-order valence-electron chi connectivity index (χ0n) is 10.9. The van der Waals surface area contributed by atoms with Gasteiger partial charge in [-0.1, -0.05) is 0 Å². The SMILES string of the molecule is Cc1nc2nc(C)c(O[C@H]3CCOC3)cc2c(=O)[nH]1. The Balaban J connectivity index is 2.05. The van der Waals surface area contributed by atoms with Crippen LogP contribution in [0.25, 0.3) is 11.0 Å². The first kappa shape index (κ1) is 12.1. The van der Waals surface area contributed by atoms with Crippen LogP contribution in [0.5, 0.6) is 5.75 Å². The zero-order chi connectivity index (χ0) is 13.4. The van der Waals surface area contributed by atoms with Crippen molar-refractivity contribution < 1.29 is 9.47 Å². The average molecular weight is 261 g/mol. The lowest BCUT2D eigenvalue weighted by atomic mass is 10.2. The van der Waals surface area contributed by atoms with Gasteiger partial charge in [-0.15, -0.1) is 0 Å². The van der Waals surface area contributed by atoms with Crippen LogP contribution in [0.3, 0.4) is 0 Å². The highest BCUT2D eigenvalue weighted by atomic mass is 16.5. The van der Waals surface area contributed by atoms with E-state index in [0.717, 1.165) is 12.1 Å². The maximum Gasteiger partial charge on any atom is 0.260 e. The largest absolute Gasteiger partial charge is 0.486 e. The van der Waals surface area contributed by atoms with Crippen LogP contribution in [0, 0.1) is 13.8 Å². The summed E-state index contributed by atoms with van der Waals surface area (Å²) in [6, 6.07) is 1.71. The second kappa shape index (κ2) is 4.62. The summed E-state index contributed by atoms with van der Waals surface area (Å²) in [6.07, 6.45) is 0.899. The van der Waals surface area contributed by atoms with Gasteiger partial charge >= 0.3 is 0 Å². The van der Waals surface area contributed by atoms with Crippen molar-refractivity contribution in [3.05, 3.63) is 27.9 Å². The molecule has 1 atom stereocenters. The number of nitrogens with one attached hydrogen (secondary N) is 1. The number of hydrogen-bond donors (Lipinski definition) is 1. The van der Waals surface area contributed by atoms with Crippen LogP contribution in [0.15, 0.2) is 10.9 Å². The van der Waals surface area contributed by atoms with Crippen molar-refractivity contribution in [3.63, 3.8) is 0 Å². The molecule has 1 fully saturated rings. The standard InChI is InChI=1S/C13H15N3O3/c1-7-11(19-9-3-4-18-6-9)5-10-12(14-7)15-8(2)16-13(10)17/h5,9H,3-4,6H2,1-2H3,(H,14,15,16,17)/t9-/m0/s1. The van der Waals surface area contributed by atoms with E-state index in [4.69, 9.17) is 9.47 Å². The van der Waals surface area contributed by atoms with Gasteiger partial charge < -0.3 is 14.5 Å². The maximum atomic E-state index is 11.9. The van der Waals surface area contributed by atoms with Crippen molar-refractivity contribution in [1.29, 1.82) is 0 Å². The predicted molar refractivity (Wildman–Crippen MR) is 69.5 cm³/mol. The van der Waals surface area contributed by atoms with E-state index in [1.165, 1.54) is 0 Å². The van der Waals surface area contributed by atoms with E-state index in [9.17, 15) is 4.79 Å². The van der Waals surface area contributed by atoms with Gasteiger partial charge in [-0.25, -0.2) is 9.97 Å². The third-order valence-corrected chi connectivity index (χ3v) is 3.14. The molecule has 3 rings (SSSR count). The Morgan fingerprint density at radius 2 is 2.26 bits per heavy atom. The molecule has 0 bridgehead atoms. The fourth-order valence-corrected chi connectivity index (χ4v) is 2.15. The van der Waals surface area contributed by atoms with Gasteiger partial charge in [-0.05, 0) is 19.9 Å². The summed E-state index contributed by atoms with van der Waals surface area (Å²) in [6.45, 7) is 4.88. The van der Waals surface area contributed by atoms with Gasteiger partial charge in [0.2, 0.25) is 0 Å². The lowest BCUT2D eigenvalue weighted by Crippen LogP contribution is -2.17. The summed E-state index contributed by atoms with van der Waals surface area (Å²) in [5.74, 6) is 1.18. The number of nitrogens with zero attached hydrogens (tertiary/aromatic N) is 2. The zero-order valence-corrected chi connectivity index (χ0v) is 10.9. The molecule has 0 saturated carbocycles. The number of ether oxygens (including phenoxy) is 2. The predicted octanol–water partition coefficient (Wildman–Crippen LogP) is 1.10. The van der Waals surface area contributed by atoms with Gasteiger partial charge in [-0.2, -0.15) is 0 Å². The third-order valence-electron chi connectivity index (χ3n) is 3.14. The molecule has 6 heteroatoms. The minimum absolute atomic E-state index is 0.0374. The number of fused-ring (bicyclic) bond motifs is 1. The molecule has 1 aliphatic rings. The number of aryl methyl sites for hydroxylation is 2. The highest BCUT2D eigenvalue weighted by molar-refractivity contribution is 5.75. The lowest BCUT2D eigenvalue weighted by molar-refractivity contribution is 0.140. The topological polar surface area (TPSA) is 77.1 Å². The van der Waals surface area contributed by atoms with Crippen LogP contribution in [0.4, 0.5) is 0 Å². The van der Waals surface area contributed by atoms with E-state index < -0.39 is 0 Å². The van der Waals surface area contributed by atoms with Gasteiger partial charge in [0.15, 0.2) is 5.65 Å². The average Bonchev–Trinajstić information content (AvgIpc) is 2.83. The van der Waals surface area contributed by atoms with Crippen molar-refractivity contribution in [2.24, 2.45) is 0 Å². The fraction of sp³-hybridized carbons (Fsp3) is 0.462. The summed E-state index contributed by atoms with van der Waals surface area (Å²) in [5.41, 5.74) is 0.994. The van der Waals surface area contributed by atoms with Gasteiger partial charge in [-0.3, -0.25) is 4.79 Å². The fourth-order valence-electron chi connectivity index (χ4n) is 2.15. The Morgan fingerprint density at radius 1 is 1.42 bits per heavy atom. The Labute approximate surface area is 109 Å². The summed E-state index contributed by atoms with van der Waals surface area (Å²) in [5, 5.41) is 0.449. The van der Waals surface area contributed by atoms with Crippen molar-refractivity contribution >= 4 is 11.0 Å². The molecule has 100 valence electrons. The van der Waals surface area contributed by atoms with Gasteiger partial charge in [0, 0.05) is 6.42 Å². The molecule has 2 aromatic heterocycles. The molecule has 0 unspecified atom stereocenters. The molecule has 3 heterocycles. The summed E-state index contributed by atoms with van der Waals surface area (Å²) < 4.78 is 11.1. The van der Waals surface area contributed by atoms with Crippen LogP contribution in [0.2, 0.25) is 0 Å². The Morgan fingerprint density at radius 3 is 3.00 bits per heavy atom. The summed E-state index contributed by atoms with van der Waals surface area (Å²) in [4.78, 5) is 23.1. The number of aromatic nitrogens is 3. The molecular weight excluding hydrogens is 246 g/mol. The molecule has 0 radical (unpaired) electrons. The molecule has 2 aromatic rings. The second-order valence-electron chi connectivity index (χ2n) is 4.70. The highest BCUT2D eigenvalue weighted by Crippen LogP contribution is 2.22. The van der Waals surface area contributed by atoms with E-state index >= 15 is 0 Å².